The van der Waals surface area contributed by atoms with Crippen molar-refractivity contribution < 1.29 is 5.11 Å². The molecule has 0 radical (unpaired) electrons. The molecule has 2 rings (SSSR count). The summed E-state index contributed by atoms with van der Waals surface area (Å²) < 4.78 is 0. The lowest BCUT2D eigenvalue weighted by Gasteiger charge is -2.35. The first-order chi connectivity index (χ1) is 7.75. The van der Waals surface area contributed by atoms with E-state index in [9.17, 15) is 5.11 Å². The summed E-state index contributed by atoms with van der Waals surface area (Å²) in [5.74, 6) is 0.944. The van der Waals surface area contributed by atoms with Crippen LogP contribution in [-0.2, 0) is 0 Å². The van der Waals surface area contributed by atoms with Crippen LogP contribution < -0.4 is 4.90 Å². The Kier molecular flexibility index (Phi) is 3.69. The average Bonchev–Trinajstić information content (AvgIpc) is 2.30. The van der Waals surface area contributed by atoms with E-state index in [0.29, 0.717) is 0 Å². The Balaban J connectivity index is 1.86. The van der Waals surface area contributed by atoms with E-state index >= 15 is 0 Å². The van der Waals surface area contributed by atoms with Crippen molar-refractivity contribution >= 4 is 5.82 Å². The van der Waals surface area contributed by atoms with Gasteiger partial charge in [-0.3, -0.25) is 9.88 Å². The van der Waals surface area contributed by atoms with Crippen LogP contribution in [0.3, 0.4) is 0 Å². The predicted molar refractivity (Wildman–Crippen MR) is 62.4 cm³/mol. The summed E-state index contributed by atoms with van der Waals surface area (Å²) in [5, 5.41) is 9.31. The fourth-order valence-corrected chi connectivity index (χ4v) is 1.99. The van der Waals surface area contributed by atoms with Gasteiger partial charge < -0.3 is 10.0 Å². The zero-order chi connectivity index (χ0) is 11.4. The molecular weight excluding hydrogens is 204 g/mol. The molecule has 1 saturated heterocycles. The van der Waals surface area contributed by atoms with Crippen LogP contribution in [0.5, 0.6) is 0 Å². The second-order valence-corrected chi connectivity index (χ2v) is 4.20. The zero-order valence-electron chi connectivity index (χ0n) is 9.58. The van der Waals surface area contributed by atoms with Crippen molar-refractivity contribution in [2.45, 2.75) is 13.0 Å². The number of aromatic nitrogens is 2. The standard InChI is InChI=1S/C11H18N4O/c1-10(16)9-14-4-6-15(7-5-14)11-8-12-2-3-13-11/h2-3,8,10,16H,4-7,9H2,1H3/t10-/m1/s1. The van der Waals surface area contributed by atoms with Gasteiger partial charge in [0.1, 0.15) is 5.82 Å². The first-order valence-electron chi connectivity index (χ1n) is 5.67. The second kappa shape index (κ2) is 5.23. The average molecular weight is 222 g/mol. The Morgan fingerprint density at radius 2 is 2.06 bits per heavy atom. The van der Waals surface area contributed by atoms with Gasteiger partial charge in [0.2, 0.25) is 0 Å². The molecule has 0 aliphatic carbocycles. The maximum atomic E-state index is 9.31. The Hall–Kier alpha value is -1.20. The number of β-amino-alcohol motifs (C(OH)–C–C–N with tert-alkyl or cyclic N) is 1. The number of rotatable bonds is 3. The van der Waals surface area contributed by atoms with Gasteiger partial charge in [0, 0.05) is 45.1 Å². The van der Waals surface area contributed by atoms with E-state index in [2.05, 4.69) is 19.8 Å². The number of aliphatic hydroxyl groups excluding tert-OH is 1. The van der Waals surface area contributed by atoms with Crippen molar-refractivity contribution in [1.29, 1.82) is 0 Å². The Labute approximate surface area is 95.7 Å². The SMILES string of the molecule is C[C@@H](O)CN1CCN(c2cnccn2)CC1. The van der Waals surface area contributed by atoms with Gasteiger partial charge in [-0.15, -0.1) is 0 Å². The van der Waals surface area contributed by atoms with Gasteiger partial charge in [-0.1, -0.05) is 0 Å². The lowest BCUT2D eigenvalue weighted by molar-refractivity contribution is 0.122. The molecule has 1 aliphatic heterocycles. The quantitative estimate of drug-likeness (QED) is 0.779. The molecule has 0 amide bonds. The van der Waals surface area contributed by atoms with Crippen LogP contribution >= 0.6 is 0 Å². The number of hydrogen-bond donors (Lipinski definition) is 1. The van der Waals surface area contributed by atoms with Crippen molar-refractivity contribution in [1.82, 2.24) is 14.9 Å². The van der Waals surface area contributed by atoms with Crippen LogP contribution in [0.2, 0.25) is 0 Å². The highest BCUT2D eigenvalue weighted by atomic mass is 16.3. The Bertz CT molecular complexity index is 309. The summed E-state index contributed by atoms with van der Waals surface area (Å²) in [6.07, 6.45) is 4.96. The largest absolute Gasteiger partial charge is 0.392 e. The van der Waals surface area contributed by atoms with E-state index in [-0.39, 0.29) is 6.10 Å². The lowest BCUT2D eigenvalue weighted by Crippen LogP contribution is -2.48. The molecule has 1 aromatic rings. The van der Waals surface area contributed by atoms with Crippen molar-refractivity contribution in [3.05, 3.63) is 18.6 Å². The molecular formula is C11H18N4O. The molecule has 16 heavy (non-hydrogen) atoms. The molecule has 0 unspecified atom stereocenters. The van der Waals surface area contributed by atoms with Crippen LogP contribution in [0.15, 0.2) is 18.6 Å². The summed E-state index contributed by atoms with van der Waals surface area (Å²) in [6, 6.07) is 0. The van der Waals surface area contributed by atoms with Crippen LogP contribution in [-0.4, -0.2) is 58.8 Å². The van der Waals surface area contributed by atoms with Crippen LogP contribution in [0.25, 0.3) is 0 Å². The van der Waals surface area contributed by atoms with Gasteiger partial charge in [0.15, 0.2) is 0 Å². The maximum absolute atomic E-state index is 9.31. The topological polar surface area (TPSA) is 52.5 Å². The Morgan fingerprint density at radius 1 is 1.31 bits per heavy atom. The van der Waals surface area contributed by atoms with E-state index in [4.69, 9.17) is 0 Å². The van der Waals surface area contributed by atoms with Gasteiger partial charge >= 0.3 is 0 Å². The first-order valence-corrected chi connectivity index (χ1v) is 5.67. The van der Waals surface area contributed by atoms with Crippen molar-refractivity contribution in [3.63, 3.8) is 0 Å². The maximum Gasteiger partial charge on any atom is 0.147 e. The molecule has 0 aromatic carbocycles. The highest BCUT2D eigenvalue weighted by molar-refractivity contribution is 5.35. The van der Waals surface area contributed by atoms with Crippen molar-refractivity contribution in [2.75, 3.05) is 37.6 Å². The third-order valence-corrected chi connectivity index (χ3v) is 2.77. The minimum absolute atomic E-state index is 0.247. The number of anilines is 1. The van der Waals surface area contributed by atoms with Crippen LogP contribution in [0.4, 0.5) is 5.82 Å². The van der Waals surface area contributed by atoms with Gasteiger partial charge in [-0.05, 0) is 6.92 Å². The number of piperazine rings is 1. The molecule has 1 aliphatic rings. The molecule has 1 fully saturated rings. The summed E-state index contributed by atoms with van der Waals surface area (Å²) in [4.78, 5) is 12.9. The number of aliphatic hydroxyl groups is 1. The third-order valence-electron chi connectivity index (χ3n) is 2.77. The summed E-state index contributed by atoms with van der Waals surface area (Å²) in [5.41, 5.74) is 0. The van der Waals surface area contributed by atoms with Crippen molar-refractivity contribution in [2.24, 2.45) is 0 Å². The van der Waals surface area contributed by atoms with E-state index in [1.165, 1.54) is 0 Å². The van der Waals surface area contributed by atoms with E-state index in [0.717, 1.165) is 38.5 Å². The molecule has 0 bridgehead atoms. The molecule has 2 heterocycles. The normalized spacial score (nSPS) is 19.8. The van der Waals surface area contributed by atoms with Gasteiger partial charge in [0.25, 0.3) is 0 Å². The summed E-state index contributed by atoms with van der Waals surface area (Å²) in [7, 11) is 0. The lowest BCUT2D eigenvalue weighted by atomic mass is 10.3. The number of nitrogens with zero attached hydrogens (tertiary/aromatic N) is 4. The molecule has 5 heteroatoms. The summed E-state index contributed by atoms with van der Waals surface area (Å²) in [6.45, 7) is 6.43. The zero-order valence-corrected chi connectivity index (χ0v) is 9.58. The first kappa shape index (κ1) is 11.3. The number of hydrogen-bond acceptors (Lipinski definition) is 5. The van der Waals surface area contributed by atoms with E-state index in [1.807, 2.05) is 6.92 Å². The van der Waals surface area contributed by atoms with Crippen molar-refractivity contribution in [3.8, 4) is 0 Å². The van der Waals surface area contributed by atoms with E-state index < -0.39 is 0 Å². The molecule has 0 spiro atoms. The highest BCUT2D eigenvalue weighted by Crippen LogP contribution is 2.11. The van der Waals surface area contributed by atoms with Gasteiger partial charge in [-0.2, -0.15) is 0 Å². The van der Waals surface area contributed by atoms with E-state index in [1.54, 1.807) is 18.6 Å². The smallest absolute Gasteiger partial charge is 0.147 e. The van der Waals surface area contributed by atoms with Crippen LogP contribution in [0, 0.1) is 0 Å². The minimum Gasteiger partial charge on any atom is -0.392 e. The molecule has 1 aromatic heterocycles. The molecule has 88 valence electrons. The summed E-state index contributed by atoms with van der Waals surface area (Å²) >= 11 is 0. The Morgan fingerprint density at radius 3 is 2.62 bits per heavy atom. The van der Waals surface area contributed by atoms with Gasteiger partial charge in [0.05, 0.1) is 12.3 Å². The molecule has 5 nitrogen and oxygen atoms in total. The van der Waals surface area contributed by atoms with Gasteiger partial charge in [-0.25, -0.2) is 4.98 Å². The van der Waals surface area contributed by atoms with Crippen LogP contribution in [0.1, 0.15) is 6.92 Å². The minimum atomic E-state index is -0.247. The highest BCUT2D eigenvalue weighted by Gasteiger charge is 2.18. The molecule has 1 N–H and O–H groups in total. The monoisotopic (exact) mass is 222 g/mol. The third kappa shape index (κ3) is 2.90. The molecule has 1 atom stereocenters. The second-order valence-electron chi connectivity index (χ2n) is 4.20. The predicted octanol–water partition coefficient (Wildman–Crippen LogP) is -0.0206. The fraction of sp³-hybridized carbons (Fsp3) is 0.636. The molecule has 0 saturated carbocycles. The fourth-order valence-electron chi connectivity index (χ4n) is 1.99.